The third kappa shape index (κ3) is 4.48. The summed E-state index contributed by atoms with van der Waals surface area (Å²) in [5.74, 6) is -1.05. The molecule has 112 valence electrons. The number of hydrogen-bond acceptors (Lipinski definition) is 4. The number of carboxylic acid groups (broad SMARTS) is 1. The van der Waals surface area contributed by atoms with Gasteiger partial charge in [0.15, 0.2) is 0 Å². The van der Waals surface area contributed by atoms with Crippen LogP contribution in [0.3, 0.4) is 0 Å². The summed E-state index contributed by atoms with van der Waals surface area (Å²) in [5.41, 5.74) is -0.563. The van der Waals surface area contributed by atoms with Crippen molar-refractivity contribution >= 4 is 23.3 Å². The van der Waals surface area contributed by atoms with E-state index >= 15 is 0 Å². The van der Waals surface area contributed by atoms with E-state index < -0.39 is 23.5 Å². The van der Waals surface area contributed by atoms with Gasteiger partial charge in [0.1, 0.15) is 11.0 Å². The summed E-state index contributed by atoms with van der Waals surface area (Å²) in [6.07, 6.45) is 2.37. The standard InChI is InChI=1S/C13H21N3O3S/c1-5-8(10-14-6-7-20-10)15-12(19)16-9(11(17)18)13(2,3)4/h6-9H,5H2,1-4H3,(H,17,18)(H2,15,16,19)/t8?,9-/m0/s1. The molecule has 1 aromatic rings. The van der Waals surface area contributed by atoms with Gasteiger partial charge in [0.25, 0.3) is 0 Å². The molecule has 1 unspecified atom stereocenters. The number of aliphatic carboxylic acids is 1. The molecule has 0 aliphatic carbocycles. The van der Waals surface area contributed by atoms with Gasteiger partial charge in [-0.15, -0.1) is 11.3 Å². The van der Waals surface area contributed by atoms with Crippen LogP contribution in [0, 0.1) is 5.41 Å². The Morgan fingerprint density at radius 1 is 1.40 bits per heavy atom. The van der Waals surface area contributed by atoms with Crippen molar-refractivity contribution in [3.05, 3.63) is 16.6 Å². The number of carbonyl (C=O) groups excluding carboxylic acids is 1. The van der Waals surface area contributed by atoms with Gasteiger partial charge in [-0.3, -0.25) is 0 Å². The number of aromatic nitrogens is 1. The summed E-state index contributed by atoms with van der Waals surface area (Å²) >= 11 is 1.46. The van der Waals surface area contributed by atoms with Crippen LogP contribution in [0.1, 0.15) is 45.2 Å². The number of thiazole rings is 1. The second kappa shape index (κ2) is 6.69. The van der Waals surface area contributed by atoms with Gasteiger partial charge in [-0.2, -0.15) is 0 Å². The lowest BCUT2D eigenvalue weighted by Crippen LogP contribution is -2.52. The summed E-state index contributed by atoms with van der Waals surface area (Å²) in [6, 6.07) is -1.64. The van der Waals surface area contributed by atoms with Crippen molar-refractivity contribution in [1.29, 1.82) is 0 Å². The molecule has 3 N–H and O–H groups in total. The highest BCUT2D eigenvalue weighted by Gasteiger charge is 2.33. The molecule has 0 aromatic carbocycles. The quantitative estimate of drug-likeness (QED) is 0.778. The molecule has 2 amide bonds. The second-order valence-corrected chi connectivity index (χ2v) is 6.51. The number of carbonyl (C=O) groups is 2. The van der Waals surface area contributed by atoms with E-state index in [9.17, 15) is 14.7 Å². The molecule has 7 heteroatoms. The van der Waals surface area contributed by atoms with Gasteiger partial charge in [-0.25, -0.2) is 14.6 Å². The number of rotatable bonds is 5. The van der Waals surface area contributed by atoms with Crippen LogP contribution in [0.5, 0.6) is 0 Å². The van der Waals surface area contributed by atoms with Gasteiger partial charge in [-0.1, -0.05) is 27.7 Å². The average Bonchev–Trinajstić information content (AvgIpc) is 2.84. The average molecular weight is 299 g/mol. The van der Waals surface area contributed by atoms with Crippen molar-refractivity contribution in [3.63, 3.8) is 0 Å². The highest BCUT2D eigenvalue weighted by molar-refractivity contribution is 7.09. The van der Waals surface area contributed by atoms with Crippen molar-refractivity contribution in [3.8, 4) is 0 Å². The largest absolute Gasteiger partial charge is 0.480 e. The third-order valence-electron chi connectivity index (χ3n) is 2.85. The first-order valence-electron chi connectivity index (χ1n) is 6.45. The van der Waals surface area contributed by atoms with Crippen LogP contribution in [0.4, 0.5) is 4.79 Å². The van der Waals surface area contributed by atoms with Crippen LogP contribution >= 0.6 is 11.3 Å². The van der Waals surface area contributed by atoms with Gasteiger partial charge in [0.2, 0.25) is 0 Å². The molecule has 0 aliphatic heterocycles. The first-order chi connectivity index (χ1) is 9.25. The maximum absolute atomic E-state index is 12.0. The molecule has 1 aromatic heterocycles. The topological polar surface area (TPSA) is 91.3 Å². The molecule has 1 heterocycles. The highest BCUT2D eigenvalue weighted by Crippen LogP contribution is 2.21. The fraction of sp³-hybridized carbons (Fsp3) is 0.615. The van der Waals surface area contributed by atoms with E-state index in [0.29, 0.717) is 6.42 Å². The summed E-state index contributed by atoms with van der Waals surface area (Å²) in [7, 11) is 0. The first kappa shape index (κ1) is 16.4. The Hall–Kier alpha value is -1.63. The van der Waals surface area contributed by atoms with Gasteiger partial charge in [0, 0.05) is 11.6 Å². The van der Waals surface area contributed by atoms with Crippen LogP contribution in [0.25, 0.3) is 0 Å². The molecule has 0 bridgehead atoms. The molecule has 0 fully saturated rings. The summed E-state index contributed by atoms with van der Waals surface area (Å²) in [6.45, 7) is 7.24. The molecule has 0 saturated heterocycles. The number of urea groups is 1. The maximum Gasteiger partial charge on any atom is 0.326 e. The van der Waals surface area contributed by atoms with Crippen molar-refractivity contribution < 1.29 is 14.7 Å². The molecular formula is C13H21N3O3S. The van der Waals surface area contributed by atoms with Crippen molar-refractivity contribution in [2.24, 2.45) is 5.41 Å². The van der Waals surface area contributed by atoms with Crippen LogP contribution in [-0.2, 0) is 4.79 Å². The predicted molar refractivity (Wildman–Crippen MR) is 77.7 cm³/mol. The van der Waals surface area contributed by atoms with Gasteiger partial charge < -0.3 is 15.7 Å². The zero-order valence-electron chi connectivity index (χ0n) is 12.1. The van der Waals surface area contributed by atoms with Crippen LogP contribution < -0.4 is 10.6 Å². The molecule has 0 radical (unpaired) electrons. The molecule has 1 rings (SSSR count). The van der Waals surface area contributed by atoms with E-state index in [1.165, 1.54) is 11.3 Å². The molecule has 0 aliphatic rings. The number of hydrogen-bond donors (Lipinski definition) is 3. The van der Waals surface area contributed by atoms with E-state index in [4.69, 9.17) is 0 Å². The highest BCUT2D eigenvalue weighted by atomic mass is 32.1. The number of nitrogens with one attached hydrogen (secondary N) is 2. The van der Waals surface area contributed by atoms with Gasteiger partial charge in [0.05, 0.1) is 6.04 Å². The van der Waals surface area contributed by atoms with Crippen molar-refractivity contribution in [1.82, 2.24) is 15.6 Å². The maximum atomic E-state index is 12.0. The van der Waals surface area contributed by atoms with E-state index in [-0.39, 0.29) is 6.04 Å². The second-order valence-electron chi connectivity index (χ2n) is 5.59. The third-order valence-corrected chi connectivity index (χ3v) is 3.74. The van der Waals surface area contributed by atoms with Gasteiger partial charge >= 0.3 is 12.0 Å². The monoisotopic (exact) mass is 299 g/mol. The Labute approximate surface area is 122 Å². The van der Waals surface area contributed by atoms with Gasteiger partial charge in [-0.05, 0) is 11.8 Å². The Morgan fingerprint density at radius 2 is 2.05 bits per heavy atom. The molecule has 0 saturated carbocycles. The van der Waals surface area contributed by atoms with Crippen LogP contribution in [0.15, 0.2) is 11.6 Å². The lowest BCUT2D eigenvalue weighted by molar-refractivity contribution is -0.141. The summed E-state index contributed by atoms with van der Waals surface area (Å²) in [4.78, 5) is 27.3. The Kier molecular flexibility index (Phi) is 5.50. The fourth-order valence-corrected chi connectivity index (χ4v) is 2.50. The molecular weight excluding hydrogens is 278 g/mol. The lowest BCUT2D eigenvalue weighted by Gasteiger charge is -2.28. The minimum atomic E-state index is -1.05. The Morgan fingerprint density at radius 3 is 2.45 bits per heavy atom. The summed E-state index contributed by atoms with van der Waals surface area (Å²) < 4.78 is 0. The zero-order valence-corrected chi connectivity index (χ0v) is 13.0. The van der Waals surface area contributed by atoms with Crippen molar-refractivity contribution in [2.75, 3.05) is 0 Å². The first-order valence-corrected chi connectivity index (χ1v) is 7.33. The normalized spacial score (nSPS) is 14.4. The Bertz CT molecular complexity index is 454. The fourth-order valence-electron chi connectivity index (χ4n) is 1.72. The minimum Gasteiger partial charge on any atom is -0.480 e. The smallest absolute Gasteiger partial charge is 0.326 e. The molecule has 0 spiro atoms. The molecule has 20 heavy (non-hydrogen) atoms. The predicted octanol–water partition coefficient (Wildman–Crippen LogP) is 2.39. The molecule has 2 atom stereocenters. The van der Waals surface area contributed by atoms with Crippen LogP contribution in [-0.4, -0.2) is 28.1 Å². The van der Waals surface area contributed by atoms with E-state index in [0.717, 1.165) is 5.01 Å². The van der Waals surface area contributed by atoms with Crippen molar-refractivity contribution in [2.45, 2.75) is 46.2 Å². The lowest BCUT2D eigenvalue weighted by atomic mass is 9.87. The molecule has 6 nitrogen and oxygen atoms in total. The van der Waals surface area contributed by atoms with E-state index in [2.05, 4.69) is 15.6 Å². The minimum absolute atomic E-state index is 0.204. The number of amides is 2. The van der Waals surface area contributed by atoms with E-state index in [1.54, 1.807) is 27.0 Å². The Balaban J connectivity index is 2.68. The number of nitrogens with zero attached hydrogens (tertiary/aromatic N) is 1. The number of carboxylic acids is 1. The summed E-state index contributed by atoms with van der Waals surface area (Å²) in [5, 5.41) is 17.1. The van der Waals surface area contributed by atoms with E-state index in [1.807, 2.05) is 12.3 Å². The SMILES string of the molecule is CCC(NC(=O)N[C@@H](C(=O)O)C(C)(C)C)c1nccs1. The zero-order chi connectivity index (χ0) is 15.3. The van der Waals surface area contributed by atoms with Crippen LogP contribution in [0.2, 0.25) is 0 Å².